The molecule has 1 aromatic rings. The van der Waals surface area contributed by atoms with E-state index in [1.54, 1.807) is 0 Å². The quantitative estimate of drug-likeness (QED) is 0.572. The monoisotopic (exact) mass is 354 g/mol. The molecule has 1 aromatic heterocycles. The molecular formula is C23H34N2O. The van der Waals surface area contributed by atoms with Crippen LogP contribution in [0.2, 0.25) is 0 Å². The third-order valence-corrected chi connectivity index (χ3v) is 4.87. The van der Waals surface area contributed by atoms with Gasteiger partial charge in [0.1, 0.15) is 11.5 Å². The van der Waals surface area contributed by atoms with E-state index in [1.807, 2.05) is 19.1 Å². The van der Waals surface area contributed by atoms with Crippen molar-refractivity contribution in [1.29, 1.82) is 0 Å². The Balaban J connectivity index is 2.00. The third-order valence-electron chi connectivity index (χ3n) is 4.87. The highest BCUT2D eigenvalue weighted by atomic mass is 16.3. The first-order valence-corrected chi connectivity index (χ1v) is 9.73. The number of nitrogens with zero attached hydrogens (tertiary/aromatic N) is 2. The molecule has 2 heterocycles. The molecule has 0 radical (unpaired) electrons. The summed E-state index contributed by atoms with van der Waals surface area (Å²) in [5.41, 5.74) is 4.87. The molecule has 2 rings (SSSR count). The number of likely N-dealkylation sites (tertiary alicyclic amines) is 1. The lowest BCUT2D eigenvalue weighted by molar-refractivity contribution is 0.188. The van der Waals surface area contributed by atoms with Crippen LogP contribution in [0.3, 0.4) is 0 Å². The summed E-state index contributed by atoms with van der Waals surface area (Å²) in [5.74, 6) is 2.60. The number of aryl methyl sites for hydroxylation is 1. The molecule has 0 unspecified atom stereocenters. The average molecular weight is 355 g/mol. The molecule has 0 atom stereocenters. The molecule has 3 heteroatoms. The molecule has 0 aliphatic carbocycles. The molecular weight excluding hydrogens is 320 g/mol. The number of aliphatic imine (C=N–C) groups is 1. The second-order valence-electron chi connectivity index (χ2n) is 7.50. The smallest absolute Gasteiger partial charge is 0.129 e. The fourth-order valence-corrected chi connectivity index (χ4v) is 3.37. The van der Waals surface area contributed by atoms with Gasteiger partial charge < -0.3 is 4.42 Å². The predicted molar refractivity (Wildman–Crippen MR) is 112 cm³/mol. The van der Waals surface area contributed by atoms with Crippen molar-refractivity contribution in [3.8, 4) is 0 Å². The Morgan fingerprint density at radius 2 is 1.92 bits per heavy atom. The van der Waals surface area contributed by atoms with Gasteiger partial charge in [0, 0.05) is 17.3 Å². The number of furan rings is 1. The van der Waals surface area contributed by atoms with Gasteiger partial charge in [0.05, 0.1) is 6.54 Å². The summed E-state index contributed by atoms with van der Waals surface area (Å²) >= 11 is 0. The van der Waals surface area contributed by atoms with Gasteiger partial charge >= 0.3 is 0 Å². The topological polar surface area (TPSA) is 28.7 Å². The van der Waals surface area contributed by atoms with Crippen LogP contribution in [-0.4, -0.2) is 23.7 Å². The van der Waals surface area contributed by atoms with E-state index in [9.17, 15) is 0 Å². The van der Waals surface area contributed by atoms with Crippen LogP contribution in [-0.2, 0) is 6.54 Å². The molecule has 26 heavy (non-hydrogen) atoms. The van der Waals surface area contributed by atoms with Crippen LogP contribution in [0.25, 0.3) is 6.08 Å². The highest BCUT2D eigenvalue weighted by Gasteiger charge is 2.23. The molecule has 1 aliphatic rings. The summed E-state index contributed by atoms with van der Waals surface area (Å²) < 4.78 is 5.98. The Labute approximate surface area is 159 Å². The van der Waals surface area contributed by atoms with E-state index in [2.05, 4.69) is 57.7 Å². The van der Waals surface area contributed by atoms with E-state index in [4.69, 9.17) is 9.41 Å². The van der Waals surface area contributed by atoms with Gasteiger partial charge in [0.2, 0.25) is 0 Å². The Hall–Kier alpha value is -1.87. The van der Waals surface area contributed by atoms with E-state index < -0.39 is 0 Å². The zero-order chi connectivity index (χ0) is 19.1. The second kappa shape index (κ2) is 9.72. The first-order valence-electron chi connectivity index (χ1n) is 9.73. The number of allylic oxidation sites excluding steroid dienone is 5. The average Bonchev–Trinajstić information content (AvgIpc) is 2.94. The van der Waals surface area contributed by atoms with E-state index in [0.717, 1.165) is 49.7 Å². The molecule has 0 aromatic carbocycles. The van der Waals surface area contributed by atoms with Crippen molar-refractivity contribution in [3.05, 3.63) is 52.6 Å². The first-order chi connectivity index (χ1) is 12.4. The number of rotatable bonds is 6. The van der Waals surface area contributed by atoms with Crippen LogP contribution < -0.4 is 0 Å². The summed E-state index contributed by atoms with van der Waals surface area (Å²) in [6, 6.07) is 2.17. The zero-order valence-corrected chi connectivity index (χ0v) is 17.3. The van der Waals surface area contributed by atoms with Crippen LogP contribution >= 0.6 is 0 Å². The Bertz CT molecular complexity index is 707. The van der Waals surface area contributed by atoms with Gasteiger partial charge in [0.25, 0.3) is 0 Å². The van der Waals surface area contributed by atoms with Crippen molar-refractivity contribution in [2.24, 2.45) is 10.9 Å². The summed E-state index contributed by atoms with van der Waals surface area (Å²) in [4.78, 5) is 7.36. The minimum Gasteiger partial charge on any atom is -0.460 e. The van der Waals surface area contributed by atoms with E-state index in [1.165, 1.54) is 16.8 Å². The number of piperidine rings is 1. The number of hydrogen-bond acceptors (Lipinski definition) is 3. The summed E-state index contributed by atoms with van der Waals surface area (Å²) in [6.45, 7) is 15.6. The zero-order valence-electron chi connectivity index (χ0n) is 17.3. The molecule has 3 nitrogen and oxygen atoms in total. The second-order valence-corrected chi connectivity index (χ2v) is 7.50. The van der Waals surface area contributed by atoms with Gasteiger partial charge in [0.15, 0.2) is 0 Å². The lowest BCUT2D eigenvalue weighted by Crippen LogP contribution is -2.35. The van der Waals surface area contributed by atoms with Crippen LogP contribution in [0.15, 0.2) is 45.0 Å². The maximum Gasteiger partial charge on any atom is 0.129 e. The molecule has 0 bridgehead atoms. The fraction of sp³-hybridized carbons (Fsp3) is 0.522. The number of hydrogen-bond donors (Lipinski definition) is 0. The van der Waals surface area contributed by atoms with Crippen molar-refractivity contribution < 1.29 is 4.42 Å². The molecule has 1 saturated heterocycles. The molecule has 0 saturated carbocycles. The SMILES string of the molecule is C/C=C\c1oc(CN2CCC(C(C=C(C)C)=N/C(C)=C\C)CC2)cc1C. The predicted octanol–water partition coefficient (Wildman–Crippen LogP) is 6.16. The minimum absolute atomic E-state index is 0.549. The third kappa shape index (κ3) is 5.84. The normalized spacial score (nSPS) is 17.9. The van der Waals surface area contributed by atoms with E-state index in [0.29, 0.717) is 5.92 Å². The van der Waals surface area contributed by atoms with Crippen molar-refractivity contribution in [3.63, 3.8) is 0 Å². The maximum atomic E-state index is 5.98. The Morgan fingerprint density at radius 1 is 1.23 bits per heavy atom. The van der Waals surface area contributed by atoms with Crippen LogP contribution in [0, 0.1) is 12.8 Å². The Morgan fingerprint density at radius 3 is 2.50 bits per heavy atom. The minimum atomic E-state index is 0.549. The first kappa shape index (κ1) is 20.4. The largest absolute Gasteiger partial charge is 0.460 e. The molecule has 0 spiro atoms. The van der Waals surface area contributed by atoms with Crippen LogP contribution in [0.5, 0.6) is 0 Å². The van der Waals surface area contributed by atoms with Crippen molar-refractivity contribution in [2.75, 3.05) is 13.1 Å². The molecule has 1 fully saturated rings. The van der Waals surface area contributed by atoms with Gasteiger partial charge in [-0.15, -0.1) is 0 Å². The van der Waals surface area contributed by atoms with Crippen LogP contribution in [0.4, 0.5) is 0 Å². The van der Waals surface area contributed by atoms with Gasteiger partial charge in [-0.2, -0.15) is 0 Å². The van der Waals surface area contributed by atoms with E-state index >= 15 is 0 Å². The molecule has 142 valence electrons. The fourth-order valence-electron chi connectivity index (χ4n) is 3.37. The van der Waals surface area contributed by atoms with Gasteiger partial charge in [-0.1, -0.05) is 17.7 Å². The van der Waals surface area contributed by atoms with Crippen LogP contribution in [0.1, 0.15) is 64.5 Å². The van der Waals surface area contributed by atoms with E-state index in [-0.39, 0.29) is 0 Å². The maximum absolute atomic E-state index is 5.98. The van der Waals surface area contributed by atoms with Crippen molar-refractivity contribution in [2.45, 2.75) is 60.9 Å². The lowest BCUT2D eigenvalue weighted by Gasteiger charge is -2.31. The van der Waals surface area contributed by atoms with Crippen molar-refractivity contribution >= 4 is 11.8 Å². The highest BCUT2D eigenvalue weighted by Crippen LogP contribution is 2.24. The van der Waals surface area contributed by atoms with Gasteiger partial charge in [-0.05, 0) is 91.3 Å². The summed E-state index contributed by atoms with van der Waals surface area (Å²) in [6.07, 6.45) is 10.7. The van der Waals surface area contributed by atoms with Gasteiger partial charge in [-0.25, -0.2) is 0 Å². The lowest BCUT2D eigenvalue weighted by atomic mass is 9.90. The summed E-state index contributed by atoms with van der Waals surface area (Å²) in [5, 5.41) is 0. The molecule has 1 aliphatic heterocycles. The standard InChI is InChI=1S/C23H34N2O/c1-7-9-23-18(5)15-21(26-23)16-25-12-10-20(11-13-25)22(14-17(3)4)24-19(6)8-2/h7-9,14-15,20H,10-13,16H2,1-6H3/b9-7-,19-8-,24-22?. The molecule has 0 amide bonds. The highest BCUT2D eigenvalue weighted by molar-refractivity contribution is 5.98. The van der Waals surface area contributed by atoms with Gasteiger partial charge in [-0.3, -0.25) is 9.89 Å². The molecule has 0 N–H and O–H groups in total. The van der Waals surface area contributed by atoms with Crippen molar-refractivity contribution in [1.82, 2.24) is 4.90 Å². The summed E-state index contributed by atoms with van der Waals surface area (Å²) in [7, 11) is 0. The Kier molecular flexibility index (Phi) is 7.65.